The maximum absolute atomic E-state index is 10.5. The lowest BCUT2D eigenvalue weighted by atomic mass is 10.1. The molecule has 1 N–H and O–H groups in total. The van der Waals surface area contributed by atoms with Crippen molar-refractivity contribution >= 4 is 11.8 Å². The molecule has 6 heteroatoms. The van der Waals surface area contributed by atoms with Crippen LogP contribution < -0.4 is 4.74 Å². The standard InChI is InChI=1S/C10H9NO5/c1-2-3-7-6-8(11(14)15)4-5-9(7)16-10(12)13/h2,4-6H,1,3H2,(H,12,13). The molecule has 0 aliphatic rings. The van der Waals surface area contributed by atoms with Crippen molar-refractivity contribution in [3.05, 3.63) is 46.5 Å². The van der Waals surface area contributed by atoms with Crippen LogP contribution in [-0.4, -0.2) is 16.2 Å². The molecular weight excluding hydrogens is 214 g/mol. The molecule has 0 saturated heterocycles. The fraction of sp³-hybridized carbons (Fsp3) is 0.100. The lowest BCUT2D eigenvalue weighted by Gasteiger charge is -2.05. The normalized spacial score (nSPS) is 9.50. The van der Waals surface area contributed by atoms with Crippen molar-refractivity contribution in [3.63, 3.8) is 0 Å². The van der Waals surface area contributed by atoms with Crippen molar-refractivity contribution in [1.29, 1.82) is 0 Å². The number of non-ortho nitro benzene ring substituents is 1. The summed E-state index contributed by atoms with van der Waals surface area (Å²) in [6, 6.07) is 3.70. The Morgan fingerprint density at radius 1 is 1.62 bits per heavy atom. The van der Waals surface area contributed by atoms with Crippen LogP contribution in [0.2, 0.25) is 0 Å². The largest absolute Gasteiger partial charge is 0.511 e. The van der Waals surface area contributed by atoms with Gasteiger partial charge in [-0.1, -0.05) is 6.08 Å². The molecule has 0 radical (unpaired) electrons. The molecule has 1 rings (SSSR count). The number of nitro benzene ring substituents is 1. The molecule has 84 valence electrons. The first kappa shape index (κ1) is 11.7. The van der Waals surface area contributed by atoms with E-state index in [9.17, 15) is 14.9 Å². The molecule has 0 bridgehead atoms. The van der Waals surface area contributed by atoms with Crippen LogP contribution in [0.5, 0.6) is 5.75 Å². The van der Waals surface area contributed by atoms with Crippen molar-refractivity contribution in [2.24, 2.45) is 0 Å². The van der Waals surface area contributed by atoms with Gasteiger partial charge in [-0.2, -0.15) is 0 Å². The van der Waals surface area contributed by atoms with E-state index in [4.69, 9.17) is 5.11 Å². The Labute approximate surface area is 90.9 Å². The van der Waals surface area contributed by atoms with Gasteiger partial charge in [0.2, 0.25) is 0 Å². The van der Waals surface area contributed by atoms with Gasteiger partial charge in [-0.15, -0.1) is 6.58 Å². The van der Waals surface area contributed by atoms with E-state index >= 15 is 0 Å². The molecule has 0 fully saturated rings. The number of benzene rings is 1. The summed E-state index contributed by atoms with van der Waals surface area (Å²) < 4.78 is 4.48. The molecule has 0 atom stereocenters. The van der Waals surface area contributed by atoms with E-state index in [1.54, 1.807) is 0 Å². The Hall–Kier alpha value is -2.37. The molecular formula is C10H9NO5. The topological polar surface area (TPSA) is 89.7 Å². The fourth-order valence-corrected chi connectivity index (χ4v) is 1.19. The molecule has 0 spiro atoms. The summed E-state index contributed by atoms with van der Waals surface area (Å²) in [6.07, 6.45) is 0.345. The third-order valence-electron chi connectivity index (χ3n) is 1.82. The lowest BCUT2D eigenvalue weighted by molar-refractivity contribution is -0.384. The molecule has 0 aromatic heterocycles. The Balaban J connectivity index is 3.12. The number of nitrogens with zero attached hydrogens (tertiary/aromatic N) is 1. The minimum atomic E-state index is -1.46. The maximum Gasteiger partial charge on any atom is 0.511 e. The fourth-order valence-electron chi connectivity index (χ4n) is 1.19. The average Bonchev–Trinajstić information content (AvgIpc) is 2.20. The van der Waals surface area contributed by atoms with Crippen molar-refractivity contribution in [2.75, 3.05) is 0 Å². The number of carbonyl (C=O) groups is 1. The number of hydrogen-bond acceptors (Lipinski definition) is 4. The van der Waals surface area contributed by atoms with Crippen LogP contribution in [0, 0.1) is 10.1 Å². The van der Waals surface area contributed by atoms with Crippen LogP contribution in [0.25, 0.3) is 0 Å². The zero-order valence-corrected chi connectivity index (χ0v) is 8.25. The predicted molar refractivity (Wildman–Crippen MR) is 55.7 cm³/mol. The molecule has 1 aromatic carbocycles. The van der Waals surface area contributed by atoms with Gasteiger partial charge in [-0.25, -0.2) is 4.79 Å². The van der Waals surface area contributed by atoms with Gasteiger partial charge in [-0.3, -0.25) is 10.1 Å². The molecule has 0 unspecified atom stereocenters. The van der Waals surface area contributed by atoms with Crippen LogP contribution in [0.15, 0.2) is 30.9 Å². The van der Waals surface area contributed by atoms with E-state index in [1.165, 1.54) is 24.3 Å². The monoisotopic (exact) mass is 223 g/mol. The Bertz CT molecular complexity index is 441. The van der Waals surface area contributed by atoms with Gasteiger partial charge in [0.25, 0.3) is 5.69 Å². The summed E-state index contributed by atoms with van der Waals surface area (Å²) in [6.45, 7) is 3.48. The van der Waals surface area contributed by atoms with E-state index in [1.807, 2.05) is 0 Å². The molecule has 0 heterocycles. The first-order valence-electron chi connectivity index (χ1n) is 4.33. The van der Waals surface area contributed by atoms with Crippen molar-refractivity contribution in [2.45, 2.75) is 6.42 Å². The number of ether oxygens (including phenoxy) is 1. The summed E-state index contributed by atoms with van der Waals surface area (Å²) in [5.41, 5.74) is 0.293. The number of allylic oxidation sites excluding steroid dienone is 1. The molecule has 6 nitrogen and oxygen atoms in total. The number of rotatable bonds is 4. The van der Waals surface area contributed by atoms with Crippen LogP contribution >= 0.6 is 0 Å². The van der Waals surface area contributed by atoms with Gasteiger partial charge in [0, 0.05) is 17.7 Å². The molecule has 0 aliphatic carbocycles. The van der Waals surface area contributed by atoms with Crippen LogP contribution in [-0.2, 0) is 6.42 Å². The second kappa shape index (κ2) is 4.92. The third kappa shape index (κ3) is 2.81. The molecule has 0 saturated carbocycles. The number of carboxylic acid groups (broad SMARTS) is 1. The number of nitro groups is 1. The second-order valence-electron chi connectivity index (χ2n) is 2.91. The third-order valence-corrected chi connectivity index (χ3v) is 1.82. The van der Waals surface area contributed by atoms with E-state index in [-0.39, 0.29) is 11.4 Å². The quantitative estimate of drug-likeness (QED) is 0.278. The van der Waals surface area contributed by atoms with E-state index in [0.29, 0.717) is 12.0 Å². The van der Waals surface area contributed by atoms with Crippen LogP contribution in [0.1, 0.15) is 5.56 Å². The minimum absolute atomic E-state index is 0.0815. The van der Waals surface area contributed by atoms with Gasteiger partial charge >= 0.3 is 6.16 Å². The molecule has 0 aliphatic heterocycles. The van der Waals surface area contributed by atoms with Gasteiger partial charge in [0.05, 0.1) is 4.92 Å². The maximum atomic E-state index is 10.5. The van der Waals surface area contributed by atoms with E-state index in [2.05, 4.69) is 11.3 Å². The van der Waals surface area contributed by atoms with Crippen LogP contribution in [0.3, 0.4) is 0 Å². The highest BCUT2D eigenvalue weighted by molar-refractivity contribution is 5.62. The van der Waals surface area contributed by atoms with E-state index < -0.39 is 11.1 Å². The lowest BCUT2D eigenvalue weighted by Crippen LogP contribution is -2.05. The first-order valence-corrected chi connectivity index (χ1v) is 4.33. The Morgan fingerprint density at radius 2 is 2.31 bits per heavy atom. The van der Waals surface area contributed by atoms with Gasteiger partial charge in [0.1, 0.15) is 5.75 Å². The van der Waals surface area contributed by atoms with E-state index in [0.717, 1.165) is 0 Å². The Morgan fingerprint density at radius 3 is 2.81 bits per heavy atom. The summed E-state index contributed by atoms with van der Waals surface area (Å²) in [5, 5.41) is 19.0. The molecule has 0 amide bonds. The average molecular weight is 223 g/mol. The SMILES string of the molecule is C=CCc1cc([N+](=O)[O-])ccc1OC(=O)O. The van der Waals surface area contributed by atoms with Crippen LogP contribution in [0.4, 0.5) is 10.5 Å². The summed E-state index contributed by atoms with van der Waals surface area (Å²) in [7, 11) is 0. The minimum Gasteiger partial charge on any atom is -0.449 e. The van der Waals surface area contributed by atoms with Crippen molar-refractivity contribution < 1.29 is 19.6 Å². The highest BCUT2D eigenvalue weighted by atomic mass is 16.7. The van der Waals surface area contributed by atoms with Crippen molar-refractivity contribution in [3.8, 4) is 5.75 Å². The summed E-state index contributed by atoms with van der Waals surface area (Å²) >= 11 is 0. The zero-order valence-electron chi connectivity index (χ0n) is 8.25. The van der Waals surface area contributed by atoms with Gasteiger partial charge < -0.3 is 9.84 Å². The Kier molecular flexibility index (Phi) is 3.60. The highest BCUT2D eigenvalue weighted by Crippen LogP contribution is 2.25. The highest BCUT2D eigenvalue weighted by Gasteiger charge is 2.12. The summed E-state index contributed by atoms with van der Waals surface area (Å²) in [4.78, 5) is 20.3. The van der Waals surface area contributed by atoms with Gasteiger partial charge in [-0.05, 0) is 12.5 Å². The predicted octanol–water partition coefficient (Wildman–Crippen LogP) is 2.38. The second-order valence-corrected chi connectivity index (χ2v) is 2.91. The first-order chi connectivity index (χ1) is 7.54. The van der Waals surface area contributed by atoms with Gasteiger partial charge in [0.15, 0.2) is 0 Å². The molecule has 16 heavy (non-hydrogen) atoms. The molecule has 1 aromatic rings. The zero-order chi connectivity index (χ0) is 12.1. The van der Waals surface area contributed by atoms with Crippen molar-refractivity contribution in [1.82, 2.24) is 0 Å². The summed E-state index contributed by atoms with van der Waals surface area (Å²) in [5.74, 6) is 0.0815. The smallest absolute Gasteiger partial charge is 0.449 e. The number of hydrogen-bond donors (Lipinski definition) is 1.